The molecule has 0 aliphatic heterocycles. The Kier molecular flexibility index (Phi) is 4.35. The fourth-order valence-corrected chi connectivity index (χ4v) is 2.47. The summed E-state index contributed by atoms with van der Waals surface area (Å²) in [5, 5.41) is 12.0. The third-order valence-corrected chi connectivity index (χ3v) is 3.98. The van der Waals surface area contributed by atoms with Crippen molar-refractivity contribution in [2.24, 2.45) is 5.41 Å². The minimum absolute atomic E-state index is 0.180. The zero-order valence-corrected chi connectivity index (χ0v) is 14.8. The fourth-order valence-electron chi connectivity index (χ4n) is 2.47. The van der Waals surface area contributed by atoms with Gasteiger partial charge in [-0.15, -0.1) is 0 Å². The molecule has 1 aromatic heterocycles. The van der Waals surface area contributed by atoms with Crippen LogP contribution in [0.2, 0.25) is 0 Å². The summed E-state index contributed by atoms with van der Waals surface area (Å²) in [5.41, 5.74) is 1.24. The van der Waals surface area contributed by atoms with Crippen molar-refractivity contribution in [3.05, 3.63) is 64.3 Å². The van der Waals surface area contributed by atoms with Crippen LogP contribution in [0.5, 0.6) is 0 Å². The monoisotopic (exact) mass is 346 g/mol. The standard InChI is InChI=1S/C21H18N2O3/c1-21(2,3)20(25)23-15-5-4-6-17-19(15)16(24)11-18(26-17)14-9-7-13(12-22)8-10-14/h4-11H,1-3H3,(H,23,25). The molecule has 0 spiro atoms. The number of carbonyl (C=O) groups excluding carboxylic acids is 1. The van der Waals surface area contributed by atoms with Crippen LogP contribution < -0.4 is 10.7 Å². The largest absolute Gasteiger partial charge is 0.456 e. The molecule has 0 radical (unpaired) electrons. The van der Waals surface area contributed by atoms with Crippen LogP contribution in [-0.4, -0.2) is 5.91 Å². The highest BCUT2D eigenvalue weighted by Gasteiger charge is 2.22. The molecule has 5 heteroatoms. The minimum atomic E-state index is -0.579. The van der Waals surface area contributed by atoms with Crippen molar-refractivity contribution >= 4 is 22.6 Å². The molecule has 1 N–H and O–H groups in total. The molecule has 0 aliphatic carbocycles. The zero-order valence-electron chi connectivity index (χ0n) is 14.8. The van der Waals surface area contributed by atoms with E-state index < -0.39 is 5.41 Å². The second-order valence-corrected chi connectivity index (χ2v) is 7.05. The maximum atomic E-state index is 12.7. The summed E-state index contributed by atoms with van der Waals surface area (Å²) >= 11 is 0. The van der Waals surface area contributed by atoms with Crippen LogP contribution in [0.4, 0.5) is 5.69 Å². The van der Waals surface area contributed by atoms with E-state index in [9.17, 15) is 9.59 Å². The Balaban J connectivity index is 2.09. The molecule has 0 saturated carbocycles. The summed E-state index contributed by atoms with van der Waals surface area (Å²) in [4.78, 5) is 25.0. The van der Waals surface area contributed by atoms with E-state index in [1.54, 1.807) is 63.2 Å². The molecular formula is C21H18N2O3. The quantitative estimate of drug-likeness (QED) is 0.749. The van der Waals surface area contributed by atoms with Crippen LogP contribution >= 0.6 is 0 Å². The first kappa shape index (κ1) is 17.4. The Bertz CT molecular complexity index is 1080. The second kappa shape index (κ2) is 6.49. The van der Waals surface area contributed by atoms with Crippen molar-refractivity contribution in [3.8, 4) is 17.4 Å². The van der Waals surface area contributed by atoms with Crippen LogP contribution in [0.25, 0.3) is 22.3 Å². The molecular weight excluding hydrogens is 328 g/mol. The number of fused-ring (bicyclic) bond motifs is 1. The van der Waals surface area contributed by atoms with E-state index >= 15 is 0 Å². The molecule has 0 bridgehead atoms. The number of nitrogens with zero attached hydrogens (tertiary/aromatic N) is 1. The highest BCUT2D eigenvalue weighted by Crippen LogP contribution is 2.27. The summed E-state index contributed by atoms with van der Waals surface area (Å²) in [6.45, 7) is 5.41. The number of anilines is 1. The summed E-state index contributed by atoms with van der Waals surface area (Å²) in [6, 6.07) is 15.3. The topological polar surface area (TPSA) is 83.1 Å². The lowest BCUT2D eigenvalue weighted by Gasteiger charge is -2.18. The van der Waals surface area contributed by atoms with Gasteiger partial charge in [0.1, 0.15) is 11.3 Å². The Morgan fingerprint density at radius 3 is 2.42 bits per heavy atom. The third-order valence-electron chi connectivity index (χ3n) is 3.98. The minimum Gasteiger partial charge on any atom is -0.456 e. The SMILES string of the molecule is CC(C)(C)C(=O)Nc1cccc2oc(-c3ccc(C#N)cc3)cc(=O)c12. The summed E-state index contributed by atoms with van der Waals surface area (Å²) in [5.74, 6) is 0.229. The molecule has 2 aromatic carbocycles. The summed E-state index contributed by atoms with van der Waals surface area (Å²) in [7, 11) is 0. The molecule has 1 amide bonds. The van der Waals surface area contributed by atoms with Gasteiger partial charge in [0.05, 0.1) is 22.7 Å². The molecule has 3 aromatic rings. The van der Waals surface area contributed by atoms with Crippen molar-refractivity contribution in [3.63, 3.8) is 0 Å². The van der Waals surface area contributed by atoms with Crippen molar-refractivity contribution in [1.29, 1.82) is 5.26 Å². The maximum Gasteiger partial charge on any atom is 0.229 e. The van der Waals surface area contributed by atoms with Crippen molar-refractivity contribution in [2.45, 2.75) is 20.8 Å². The van der Waals surface area contributed by atoms with Crippen LogP contribution in [0, 0.1) is 16.7 Å². The fraction of sp³-hybridized carbons (Fsp3) is 0.190. The predicted octanol–water partition coefficient (Wildman–Crippen LogP) is 4.32. The van der Waals surface area contributed by atoms with Crippen LogP contribution in [-0.2, 0) is 4.79 Å². The lowest BCUT2D eigenvalue weighted by Crippen LogP contribution is -2.28. The van der Waals surface area contributed by atoms with Gasteiger partial charge in [-0.3, -0.25) is 9.59 Å². The number of rotatable bonds is 2. The Hall–Kier alpha value is -3.39. The average molecular weight is 346 g/mol. The van der Waals surface area contributed by atoms with Crippen LogP contribution in [0.15, 0.2) is 57.7 Å². The Morgan fingerprint density at radius 2 is 1.81 bits per heavy atom. The maximum absolute atomic E-state index is 12.7. The van der Waals surface area contributed by atoms with Crippen LogP contribution in [0.3, 0.4) is 0 Å². The van der Waals surface area contributed by atoms with Gasteiger partial charge in [0.2, 0.25) is 5.91 Å². The molecule has 3 rings (SSSR count). The number of nitrogens with one attached hydrogen (secondary N) is 1. The number of benzene rings is 2. The zero-order chi connectivity index (χ0) is 18.9. The lowest BCUT2D eigenvalue weighted by molar-refractivity contribution is -0.123. The van der Waals surface area contributed by atoms with E-state index in [1.807, 2.05) is 0 Å². The molecule has 130 valence electrons. The summed E-state index contributed by atoms with van der Waals surface area (Å²) < 4.78 is 5.88. The predicted molar refractivity (Wildman–Crippen MR) is 101 cm³/mol. The molecule has 0 unspecified atom stereocenters. The van der Waals surface area contributed by atoms with Gasteiger partial charge in [-0.2, -0.15) is 5.26 Å². The van der Waals surface area contributed by atoms with Crippen molar-refractivity contribution < 1.29 is 9.21 Å². The average Bonchev–Trinajstić information content (AvgIpc) is 2.60. The van der Waals surface area contributed by atoms with Gasteiger partial charge in [0.15, 0.2) is 5.43 Å². The van der Waals surface area contributed by atoms with Gasteiger partial charge in [-0.1, -0.05) is 26.8 Å². The number of carbonyl (C=O) groups is 1. The van der Waals surface area contributed by atoms with E-state index in [4.69, 9.17) is 9.68 Å². The van der Waals surface area contributed by atoms with Gasteiger partial charge >= 0.3 is 0 Å². The number of hydrogen-bond acceptors (Lipinski definition) is 4. The van der Waals surface area contributed by atoms with Crippen LogP contribution in [0.1, 0.15) is 26.3 Å². The van der Waals surface area contributed by atoms with Gasteiger partial charge in [0.25, 0.3) is 0 Å². The smallest absolute Gasteiger partial charge is 0.229 e. The van der Waals surface area contributed by atoms with E-state index in [0.717, 1.165) is 0 Å². The Labute approximate surface area is 150 Å². The highest BCUT2D eigenvalue weighted by atomic mass is 16.3. The van der Waals surface area contributed by atoms with Gasteiger partial charge in [0, 0.05) is 17.0 Å². The molecule has 0 fully saturated rings. The molecule has 0 saturated heterocycles. The first-order valence-electron chi connectivity index (χ1n) is 8.18. The first-order valence-corrected chi connectivity index (χ1v) is 8.18. The lowest BCUT2D eigenvalue weighted by atomic mass is 9.95. The van der Waals surface area contributed by atoms with E-state index in [-0.39, 0.29) is 11.3 Å². The summed E-state index contributed by atoms with van der Waals surface area (Å²) in [6.07, 6.45) is 0. The van der Waals surface area contributed by atoms with Gasteiger partial charge in [-0.05, 0) is 36.4 Å². The van der Waals surface area contributed by atoms with Gasteiger partial charge < -0.3 is 9.73 Å². The molecule has 0 aliphatic rings. The number of hydrogen-bond donors (Lipinski definition) is 1. The second-order valence-electron chi connectivity index (χ2n) is 7.05. The van der Waals surface area contributed by atoms with Gasteiger partial charge in [-0.25, -0.2) is 0 Å². The highest BCUT2D eigenvalue weighted by molar-refractivity contribution is 6.02. The first-order chi connectivity index (χ1) is 12.3. The van der Waals surface area contributed by atoms with E-state index in [0.29, 0.717) is 33.5 Å². The van der Waals surface area contributed by atoms with E-state index in [2.05, 4.69) is 11.4 Å². The molecule has 5 nitrogen and oxygen atoms in total. The third kappa shape index (κ3) is 3.35. The molecule has 0 atom stereocenters. The van der Waals surface area contributed by atoms with E-state index in [1.165, 1.54) is 6.07 Å². The normalized spacial score (nSPS) is 11.2. The number of nitriles is 1. The number of amides is 1. The Morgan fingerprint density at radius 1 is 1.12 bits per heavy atom. The van der Waals surface area contributed by atoms with Crippen molar-refractivity contribution in [1.82, 2.24) is 0 Å². The van der Waals surface area contributed by atoms with Crippen molar-refractivity contribution in [2.75, 3.05) is 5.32 Å². The molecule has 26 heavy (non-hydrogen) atoms. The molecule has 1 heterocycles.